The van der Waals surface area contributed by atoms with Crippen LogP contribution in [0.5, 0.6) is 17.4 Å². The number of nitrogens with one attached hydrogen (secondary N) is 1. The van der Waals surface area contributed by atoms with E-state index in [1.165, 1.54) is 0 Å². The molecule has 2 rings (SSSR count). The second kappa shape index (κ2) is 7.59. The van der Waals surface area contributed by atoms with Crippen LogP contribution in [0, 0.1) is 5.92 Å². The van der Waals surface area contributed by atoms with Gasteiger partial charge in [0.25, 0.3) is 0 Å². The molecule has 0 fully saturated rings. The summed E-state index contributed by atoms with van der Waals surface area (Å²) in [6.45, 7) is 6.02. The van der Waals surface area contributed by atoms with E-state index in [4.69, 9.17) is 9.47 Å². The summed E-state index contributed by atoms with van der Waals surface area (Å²) < 4.78 is 10.7. The lowest BCUT2D eigenvalue weighted by molar-refractivity contribution is 0.411. The molecule has 112 valence electrons. The Labute approximate surface area is 125 Å². The van der Waals surface area contributed by atoms with Gasteiger partial charge in [-0.1, -0.05) is 13.8 Å². The van der Waals surface area contributed by atoms with Gasteiger partial charge in [0.15, 0.2) is 0 Å². The minimum atomic E-state index is 0.479. The lowest BCUT2D eigenvalue weighted by Crippen LogP contribution is -2.19. The molecule has 1 aromatic carbocycles. The molecule has 0 bridgehead atoms. The van der Waals surface area contributed by atoms with Crippen molar-refractivity contribution in [1.82, 2.24) is 15.5 Å². The van der Waals surface area contributed by atoms with Crippen LogP contribution < -0.4 is 14.8 Å². The smallest absolute Gasteiger partial charge is 0.238 e. The summed E-state index contributed by atoms with van der Waals surface area (Å²) in [5.74, 6) is 2.60. The van der Waals surface area contributed by atoms with Crippen molar-refractivity contribution < 1.29 is 9.47 Å². The first-order chi connectivity index (χ1) is 10.2. The molecule has 0 aliphatic heterocycles. The molecule has 0 radical (unpaired) electrons. The summed E-state index contributed by atoms with van der Waals surface area (Å²) in [7, 11) is 1.63. The standard InChI is InChI=1S/C16H21N3O2/c1-12(2)10-17-11-13-4-9-16(19-18-13)21-15-7-5-14(20-3)6-8-15/h4-9,12,17H,10-11H2,1-3H3. The first-order valence-corrected chi connectivity index (χ1v) is 7.02. The van der Waals surface area contributed by atoms with Gasteiger partial charge < -0.3 is 14.8 Å². The molecular formula is C16H21N3O2. The zero-order chi connectivity index (χ0) is 15.1. The molecule has 0 saturated heterocycles. The highest BCUT2D eigenvalue weighted by molar-refractivity contribution is 5.33. The summed E-state index contributed by atoms with van der Waals surface area (Å²) in [5, 5.41) is 11.5. The number of hydrogen-bond acceptors (Lipinski definition) is 5. The van der Waals surface area contributed by atoms with Crippen LogP contribution in [0.4, 0.5) is 0 Å². The lowest BCUT2D eigenvalue weighted by atomic mass is 10.2. The fraction of sp³-hybridized carbons (Fsp3) is 0.375. The van der Waals surface area contributed by atoms with Gasteiger partial charge in [-0.2, -0.15) is 5.10 Å². The minimum Gasteiger partial charge on any atom is -0.497 e. The molecule has 0 saturated carbocycles. The Morgan fingerprint density at radius 3 is 2.29 bits per heavy atom. The van der Waals surface area contributed by atoms with Gasteiger partial charge in [-0.15, -0.1) is 5.10 Å². The summed E-state index contributed by atoms with van der Waals surface area (Å²) in [6, 6.07) is 11.1. The molecule has 0 atom stereocenters. The third kappa shape index (κ3) is 5.04. The molecular weight excluding hydrogens is 266 g/mol. The van der Waals surface area contributed by atoms with Crippen molar-refractivity contribution in [3.05, 3.63) is 42.1 Å². The largest absolute Gasteiger partial charge is 0.497 e. The van der Waals surface area contributed by atoms with Gasteiger partial charge in [-0.3, -0.25) is 0 Å². The lowest BCUT2D eigenvalue weighted by Gasteiger charge is -2.07. The molecule has 0 spiro atoms. The van der Waals surface area contributed by atoms with E-state index in [2.05, 4.69) is 29.4 Å². The van der Waals surface area contributed by atoms with E-state index in [-0.39, 0.29) is 0 Å². The van der Waals surface area contributed by atoms with Crippen LogP contribution in [-0.4, -0.2) is 23.9 Å². The van der Waals surface area contributed by atoms with Gasteiger partial charge in [0.1, 0.15) is 11.5 Å². The van der Waals surface area contributed by atoms with Crippen LogP contribution in [0.2, 0.25) is 0 Å². The van der Waals surface area contributed by atoms with E-state index in [9.17, 15) is 0 Å². The van der Waals surface area contributed by atoms with Crippen molar-refractivity contribution in [2.75, 3.05) is 13.7 Å². The molecule has 0 amide bonds. The first kappa shape index (κ1) is 15.3. The molecule has 5 heteroatoms. The zero-order valence-electron chi connectivity index (χ0n) is 12.7. The zero-order valence-corrected chi connectivity index (χ0v) is 12.7. The third-order valence-electron chi connectivity index (χ3n) is 2.84. The number of hydrogen-bond donors (Lipinski definition) is 1. The molecule has 21 heavy (non-hydrogen) atoms. The van der Waals surface area contributed by atoms with Gasteiger partial charge in [0.2, 0.25) is 5.88 Å². The third-order valence-corrected chi connectivity index (χ3v) is 2.84. The van der Waals surface area contributed by atoms with Gasteiger partial charge in [-0.05, 0) is 42.8 Å². The van der Waals surface area contributed by atoms with E-state index in [1.807, 2.05) is 36.4 Å². The minimum absolute atomic E-state index is 0.479. The highest BCUT2D eigenvalue weighted by Gasteiger charge is 2.02. The Balaban J connectivity index is 1.89. The fourth-order valence-electron chi connectivity index (χ4n) is 1.75. The number of nitrogens with zero attached hydrogens (tertiary/aromatic N) is 2. The van der Waals surface area contributed by atoms with Crippen LogP contribution >= 0.6 is 0 Å². The number of ether oxygens (including phenoxy) is 2. The van der Waals surface area contributed by atoms with Crippen molar-refractivity contribution in [3.8, 4) is 17.4 Å². The van der Waals surface area contributed by atoms with Crippen LogP contribution in [0.1, 0.15) is 19.5 Å². The quantitative estimate of drug-likeness (QED) is 0.848. The number of benzene rings is 1. The Bertz CT molecular complexity index is 538. The van der Waals surface area contributed by atoms with Gasteiger partial charge in [-0.25, -0.2) is 0 Å². The van der Waals surface area contributed by atoms with Crippen LogP contribution in [0.15, 0.2) is 36.4 Å². The average Bonchev–Trinajstić information content (AvgIpc) is 2.49. The molecule has 5 nitrogen and oxygen atoms in total. The van der Waals surface area contributed by atoms with Gasteiger partial charge >= 0.3 is 0 Å². The Kier molecular flexibility index (Phi) is 5.51. The number of methoxy groups -OCH3 is 1. The summed E-state index contributed by atoms with van der Waals surface area (Å²) >= 11 is 0. The maximum atomic E-state index is 5.63. The highest BCUT2D eigenvalue weighted by Crippen LogP contribution is 2.21. The first-order valence-electron chi connectivity index (χ1n) is 7.02. The summed E-state index contributed by atoms with van der Waals surface area (Å²) in [5.41, 5.74) is 0.901. The number of rotatable bonds is 7. The SMILES string of the molecule is COc1ccc(Oc2ccc(CNCC(C)C)nn2)cc1. The fourth-order valence-corrected chi connectivity index (χ4v) is 1.75. The highest BCUT2D eigenvalue weighted by atomic mass is 16.5. The van der Waals surface area contributed by atoms with Crippen molar-refractivity contribution >= 4 is 0 Å². The van der Waals surface area contributed by atoms with Crippen molar-refractivity contribution in [2.24, 2.45) is 5.92 Å². The average molecular weight is 287 g/mol. The maximum absolute atomic E-state index is 5.63. The molecule has 1 heterocycles. The molecule has 1 aromatic heterocycles. The molecule has 0 aliphatic rings. The van der Waals surface area contributed by atoms with Crippen molar-refractivity contribution in [2.45, 2.75) is 20.4 Å². The van der Waals surface area contributed by atoms with Crippen LogP contribution in [0.25, 0.3) is 0 Å². The molecule has 2 aromatic rings. The maximum Gasteiger partial charge on any atom is 0.238 e. The topological polar surface area (TPSA) is 56.3 Å². The monoisotopic (exact) mass is 287 g/mol. The van der Waals surface area contributed by atoms with E-state index in [1.54, 1.807) is 7.11 Å². The number of aromatic nitrogens is 2. The Morgan fingerprint density at radius 1 is 1.00 bits per heavy atom. The van der Waals surface area contributed by atoms with Crippen LogP contribution in [0.3, 0.4) is 0 Å². The predicted octanol–water partition coefficient (Wildman–Crippen LogP) is 3.02. The molecule has 0 aliphatic carbocycles. The normalized spacial score (nSPS) is 10.7. The predicted molar refractivity (Wildman–Crippen MR) is 81.6 cm³/mol. The van der Waals surface area contributed by atoms with Gasteiger partial charge in [0.05, 0.1) is 12.8 Å². The van der Waals surface area contributed by atoms with Crippen LogP contribution in [-0.2, 0) is 6.54 Å². The van der Waals surface area contributed by atoms with E-state index >= 15 is 0 Å². The van der Waals surface area contributed by atoms with Gasteiger partial charge in [0, 0.05) is 12.6 Å². The molecule has 1 N–H and O–H groups in total. The van der Waals surface area contributed by atoms with E-state index in [0.717, 1.165) is 18.0 Å². The second-order valence-corrected chi connectivity index (χ2v) is 5.17. The van der Waals surface area contributed by atoms with E-state index < -0.39 is 0 Å². The molecule has 0 unspecified atom stereocenters. The van der Waals surface area contributed by atoms with Crippen molar-refractivity contribution in [3.63, 3.8) is 0 Å². The second-order valence-electron chi connectivity index (χ2n) is 5.17. The Morgan fingerprint density at radius 2 is 1.71 bits per heavy atom. The van der Waals surface area contributed by atoms with Crippen molar-refractivity contribution in [1.29, 1.82) is 0 Å². The van der Waals surface area contributed by atoms with E-state index in [0.29, 0.717) is 24.1 Å². The Hall–Kier alpha value is -2.14. The summed E-state index contributed by atoms with van der Waals surface area (Å²) in [6.07, 6.45) is 0. The summed E-state index contributed by atoms with van der Waals surface area (Å²) in [4.78, 5) is 0.